The molecule has 0 saturated heterocycles. The second kappa shape index (κ2) is 19.2. The molecule has 6 rings (SSSR count). The minimum atomic E-state index is -4.77. The number of aromatic amines is 1. The molecule has 6 aromatic rings. The molecule has 1 atom stereocenters. The third-order valence-corrected chi connectivity index (χ3v) is 12.0. The highest BCUT2D eigenvalue weighted by atomic mass is 32.2. The number of unbranched alkanes of at least 4 members (excludes halogenated alkanes) is 1. The van der Waals surface area contributed by atoms with Crippen molar-refractivity contribution in [2.75, 3.05) is 17.6 Å². The summed E-state index contributed by atoms with van der Waals surface area (Å²) < 4.78 is 36.8. The number of benzene rings is 5. The fraction of sp³-hybridized carbons (Fsp3) is 0.250. The van der Waals surface area contributed by atoms with Gasteiger partial charge in [-0.05, 0) is 105 Å². The Morgan fingerprint density at radius 3 is 2.26 bits per heavy atom. The maximum Gasteiger partial charge on any atom is 0.407 e. The summed E-state index contributed by atoms with van der Waals surface area (Å²) in [5.41, 5.74) is 1.48. The number of thioether (sulfide) groups is 1. The third-order valence-electron chi connectivity index (χ3n) is 9.45. The molecule has 0 aliphatic carbocycles. The zero-order chi connectivity index (χ0) is 43.7. The number of H-pyrrole nitrogens is 1. The Morgan fingerprint density at radius 2 is 1.59 bits per heavy atom. The Kier molecular flexibility index (Phi) is 13.8. The SMILES string of the molecule is CC(C)(C)OC(=O)NCCCC[C@H](CSc1ccccc1)Nc1c(S(=O)(=O)NC(=O)c2ccc(-c3ccc4c(c3)[nH]c(=O)n4Cc3ccccc3)cc2)ccc(O)c1[N+](=O)[O-]. The van der Waals surface area contributed by atoms with Gasteiger partial charge in [-0.2, -0.15) is 0 Å². The molecule has 0 fully saturated rings. The number of nitro groups is 1. The number of phenolic OH excluding ortho intramolecular Hbond substituents is 1. The summed E-state index contributed by atoms with van der Waals surface area (Å²) in [5, 5.41) is 28.7. The van der Waals surface area contributed by atoms with E-state index < -0.39 is 60.6 Å². The number of amides is 2. The topological polar surface area (TPSA) is 215 Å². The lowest BCUT2D eigenvalue weighted by Gasteiger charge is -2.22. The number of anilines is 1. The lowest BCUT2D eigenvalue weighted by atomic mass is 10.0. The number of fused-ring (bicyclic) bond motifs is 1. The van der Waals surface area contributed by atoms with Crippen molar-refractivity contribution >= 4 is 56.2 Å². The van der Waals surface area contributed by atoms with Gasteiger partial charge in [-0.1, -0.05) is 66.7 Å². The molecule has 5 aromatic carbocycles. The Morgan fingerprint density at radius 1 is 0.918 bits per heavy atom. The number of phenols is 1. The van der Waals surface area contributed by atoms with Crippen molar-refractivity contribution in [1.82, 2.24) is 19.6 Å². The summed E-state index contributed by atoms with van der Waals surface area (Å²) in [5.74, 6) is -1.41. The molecule has 2 amide bonds. The average Bonchev–Trinajstić information content (AvgIpc) is 3.52. The van der Waals surface area contributed by atoms with Gasteiger partial charge in [0.15, 0.2) is 5.75 Å². The van der Waals surface area contributed by atoms with Crippen molar-refractivity contribution in [2.45, 2.75) is 68.0 Å². The van der Waals surface area contributed by atoms with Crippen molar-refractivity contribution in [1.29, 1.82) is 0 Å². The molecule has 0 aliphatic heterocycles. The predicted molar refractivity (Wildman–Crippen MR) is 236 cm³/mol. The first-order valence-electron chi connectivity index (χ1n) is 19.4. The van der Waals surface area contributed by atoms with E-state index in [0.29, 0.717) is 49.2 Å². The minimum absolute atomic E-state index is 0.00394. The minimum Gasteiger partial charge on any atom is -0.502 e. The molecule has 318 valence electrons. The molecule has 0 bridgehead atoms. The van der Waals surface area contributed by atoms with Crippen molar-refractivity contribution < 1.29 is 32.8 Å². The standard InChI is InChI=1S/C44H46N6O9S2/c1-44(2,3)59-43(54)45-25-11-10-14-33(28-60-34-15-8-5-9-16-34)46-39-38(24-23-37(51)40(39)50(55)56)61(57,58)48-41(52)31-19-17-30(18-20-31)32-21-22-36-35(26-32)47-42(53)49(36)27-29-12-6-4-7-13-29/h4-9,12-13,15-24,26,33,46,51H,10-11,14,25,27-28H2,1-3H3,(H,45,54)(H,47,53)(H,48,52)/t33-/m1/s1. The molecule has 1 heterocycles. The number of imidazole rings is 1. The van der Waals surface area contributed by atoms with Crippen LogP contribution in [0.3, 0.4) is 0 Å². The van der Waals surface area contributed by atoms with Crippen LogP contribution < -0.4 is 21.0 Å². The number of hydrogen-bond acceptors (Lipinski definition) is 11. The van der Waals surface area contributed by atoms with Gasteiger partial charge in [-0.25, -0.2) is 22.7 Å². The number of rotatable bonds is 17. The van der Waals surface area contributed by atoms with Gasteiger partial charge in [0.05, 0.1) is 22.5 Å². The van der Waals surface area contributed by atoms with E-state index in [1.54, 1.807) is 37.5 Å². The number of nitrogens with one attached hydrogen (secondary N) is 4. The van der Waals surface area contributed by atoms with Gasteiger partial charge in [0, 0.05) is 28.8 Å². The van der Waals surface area contributed by atoms with E-state index in [2.05, 4.69) is 15.6 Å². The van der Waals surface area contributed by atoms with E-state index in [1.807, 2.05) is 83.6 Å². The average molecular weight is 867 g/mol. The zero-order valence-electron chi connectivity index (χ0n) is 33.7. The number of aromatic hydroxyl groups is 1. The summed E-state index contributed by atoms with van der Waals surface area (Å²) >= 11 is 1.44. The number of hydrogen-bond donors (Lipinski definition) is 5. The summed E-state index contributed by atoms with van der Waals surface area (Å²) in [6, 6.07) is 32.0. The monoisotopic (exact) mass is 866 g/mol. The molecule has 5 N–H and O–H groups in total. The number of sulfonamides is 1. The first-order valence-corrected chi connectivity index (χ1v) is 21.9. The molecular weight excluding hydrogens is 821 g/mol. The first kappa shape index (κ1) is 44.0. The molecule has 0 unspecified atom stereocenters. The van der Waals surface area contributed by atoms with Gasteiger partial charge < -0.3 is 25.5 Å². The summed E-state index contributed by atoms with van der Waals surface area (Å²) in [6.45, 7) is 5.96. The molecule has 0 saturated carbocycles. The number of nitrogens with zero attached hydrogens (tertiary/aromatic N) is 2. The highest BCUT2D eigenvalue weighted by Gasteiger charge is 2.32. The molecular formula is C44H46N6O9S2. The van der Waals surface area contributed by atoms with Crippen LogP contribution in [0, 0.1) is 10.1 Å². The lowest BCUT2D eigenvalue weighted by molar-refractivity contribution is -0.385. The normalized spacial score (nSPS) is 12.1. The van der Waals surface area contributed by atoms with Crippen molar-refractivity contribution in [3.8, 4) is 16.9 Å². The summed E-state index contributed by atoms with van der Waals surface area (Å²) in [7, 11) is -4.77. The number of carbonyl (C=O) groups is 2. The highest BCUT2D eigenvalue weighted by Crippen LogP contribution is 2.40. The smallest absolute Gasteiger partial charge is 0.407 e. The number of nitro benzene ring substituents is 1. The molecule has 1 aromatic heterocycles. The first-order chi connectivity index (χ1) is 29.1. The Bertz CT molecular complexity index is 2680. The Hall–Kier alpha value is -6.59. The largest absolute Gasteiger partial charge is 0.502 e. The van der Waals surface area contributed by atoms with Crippen LogP contribution in [-0.2, 0) is 21.3 Å². The van der Waals surface area contributed by atoms with E-state index >= 15 is 0 Å². The molecule has 0 aliphatic rings. The molecule has 15 nitrogen and oxygen atoms in total. The fourth-order valence-corrected chi connectivity index (χ4v) is 8.70. The quantitative estimate of drug-likeness (QED) is 0.0256. The number of alkyl carbamates (subject to hydrolysis) is 1. The number of carbonyl (C=O) groups excluding carboxylic acids is 2. The number of aromatic nitrogens is 2. The van der Waals surface area contributed by atoms with Crippen LogP contribution in [0.5, 0.6) is 5.75 Å². The van der Waals surface area contributed by atoms with Crippen molar-refractivity contribution in [3.63, 3.8) is 0 Å². The second-order valence-corrected chi connectivity index (χ2v) is 17.9. The van der Waals surface area contributed by atoms with Crippen LogP contribution in [0.25, 0.3) is 22.2 Å². The Labute approximate surface area is 356 Å². The van der Waals surface area contributed by atoms with Crippen LogP contribution >= 0.6 is 11.8 Å². The van der Waals surface area contributed by atoms with Gasteiger partial charge in [-0.3, -0.25) is 19.5 Å². The van der Waals surface area contributed by atoms with Gasteiger partial charge >= 0.3 is 17.5 Å². The molecule has 0 spiro atoms. The summed E-state index contributed by atoms with van der Waals surface area (Å²) in [4.78, 5) is 53.1. The maximum absolute atomic E-state index is 13.9. The van der Waals surface area contributed by atoms with E-state index in [9.17, 15) is 38.0 Å². The van der Waals surface area contributed by atoms with Crippen molar-refractivity contribution in [2.24, 2.45) is 0 Å². The molecule has 17 heteroatoms. The highest BCUT2D eigenvalue weighted by molar-refractivity contribution is 7.99. The van der Waals surface area contributed by atoms with E-state index in [0.717, 1.165) is 33.7 Å². The second-order valence-electron chi connectivity index (χ2n) is 15.2. The van der Waals surface area contributed by atoms with E-state index in [4.69, 9.17) is 4.74 Å². The van der Waals surface area contributed by atoms with Gasteiger partial charge in [0.2, 0.25) is 0 Å². The van der Waals surface area contributed by atoms with Crippen LogP contribution in [0.1, 0.15) is 56.0 Å². The van der Waals surface area contributed by atoms with Crippen molar-refractivity contribution in [3.05, 3.63) is 147 Å². The zero-order valence-corrected chi connectivity index (χ0v) is 35.3. The van der Waals surface area contributed by atoms with E-state index in [-0.39, 0.29) is 11.3 Å². The van der Waals surface area contributed by atoms with Crippen LogP contribution in [0.15, 0.2) is 130 Å². The van der Waals surface area contributed by atoms with Gasteiger partial charge in [0.1, 0.15) is 16.2 Å². The Balaban J connectivity index is 1.19. The predicted octanol–water partition coefficient (Wildman–Crippen LogP) is 8.05. The maximum atomic E-state index is 13.9. The van der Waals surface area contributed by atoms with Crippen LogP contribution in [0.2, 0.25) is 0 Å². The van der Waals surface area contributed by atoms with Crippen LogP contribution in [-0.4, -0.2) is 63.9 Å². The van der Waals surface area contributed by atoms with E-state index in [1.165, 1.54) is 23.9 Å². The fourth-order valence-electron chi connectivity index (χ4n) is 6.56. The number of ether oxygens (including phenoxy) is 1. The molecule has 0 radical (unpaired) electrons. The van der Waals surface area contributed by atoms with Gasteiger partial charge in [-0.15, -0.1) is 11.8 Å². The molecule has 61 heavy (non-hydrogen) atoms. The third kappa shape index (κ3) is 11.6. The lowest BCUT2D eigenvalue weighted by Crippen LogP contribution is -2.33. The van der Waals surface area contributed by atoms with Crippen LogP contribution in [0.4, 0.5) is 16.2 Å². The summed E-state index contributed by atoms with van der Waals surface area (Å²) in [6.07, 6.45) is 0.874. The van der Waals surface area contributed by atoms with Gasteiger partial charge in [0.25, 0.3) is 15.9 Å².